The zero-order valence-corrected chi connectivity index (χ0v) is 18.4. The van der Waals surface area contributed by atoms with E-state index in [1.165, 1.54) is 12.4 Å². The van der Waals surface area contributed by atoms with Crippen LogP contribution in [-0.2, 0) is 11.2 Å². The molecule has 7 nitrogen and oxygen atoms in total. The van der Waals surface area contributed by atoms with Gasteiger partial charge in [-0.25, -0.2) is 14.8 Å². The van der Waals surface area contributed by atoms with Crippen molar-refractivity contribution in [1.29, 1.82) is 0 Å². The minimum atomic E-state index is -4.30. The molecule has 0 aliphatic carbocycles. The molecule has 0 bridgehead atoms. The van der Waals surface area contributed by atoms with E-state index in [9.17, 15) is 23.1 Å². The van der Waals surface area contributed by atoms with Gasteiger partial charge >= 0.3 is 12.3 Å². The van der Waals surface area contributed by atoms with E-state index in [2.05, 4.69) is 9.97 Å². The first-order valence-electron chi connectivity index (χ1n) is 10.1. The molecule has 31 heavy (non-hydrogen) atoms. The largest absolute Gasteiger partial charge is 0.444 e. The SMILES string of the molecule is CC(C)(C)OC(=O)N1CCC2(CC(O)N(c3ncnc4sc(CC(F)(F)F)cc34)C2)C1. The Kier molecular flexibility index (Phi) is 5.32. The van der Waals surface area contributed by atoms with Gasteiger partial charge in [-0.1, -0.05) is 0 Å². The molecule has 1 N–H and O–H groups in total. The van der Waals surface area contributed by atoms with Gasteiger partial charge in [-0.3, -0.25) is 0 Å². The van der Waals surface area contributed by atoms with Crippen LogP contribution in [0.4, 0.5) is 23.8 Å². The first-order chi connectivity index (χ1) is 14.3. The number of rotatable bonds is 2. The number of amides is 1. The van der Waals surface area contributed by atoms with Gasteiger partial charge in [-0.05, 0) is 33.3 Å². The molecule has 11 heteroatoms. The number of aliphatic hydroxyl groups is 1. The van der Waals surface area contributed by atoms with Crippen molar-refractivity contribution in [2.24, 2.45) is 5.41 Å². The van der Waals surface area contributed by atoms with E-state index in [-0.39, 0.29) is 16.4 Å². The lowest BCUT2D eigenvalue weighted by atomic mass is 9.86. The standard InChI is InChI=1S/C20H25F3N4O3S/c1-18(2,3)30-17(29)26-5-4-19(9-26)8-14(28)27(10-19)15-13-6-12(7-20(21,22)23)31-16(13)25-11-24-15/h6,11,14,28H,4-5,7-10H2,1-3H3. The highest BCUT2D eigenvalue weighted by atomic mass is 32.1. The maximum Gasteiger partial charge on any atom is 0.410 e. The molecule has 4 rings (SSSR count). The number of anilines is 1. The number of aliphatic hydroxyl groups excluding tert-OH is 1. The third kappa shape index (κ3) is 4.72. The van der Waals surface area contributed by atoms with E-state index in [0.29, 0.717) is 48.5 Å². The van der Waals surface area contributed by atoms with Crippen molar-refractivity contribution in [3.05, 3.63) is 17.3 Å². The van der Waals surface area contributed by atoms with Crippen molar-refractivity contribution in [3.63, 3.8) is 0 Å². The number of likely N-dealkylation sites (tertiary alicyclic amines) is 1. The fourth-order valence-corrected chi connectivity index (χ4v) is 5.39. The zero-order chi connectivity index (χ0) is 22.6. The van der Waals surface area contributed by atoms with E-state index in [4.69, 9.17) is 4.74 Å². The fraction of sp³-hybridized carbons (Fsp3) is 0.650. The van der Waals surface area contributed by atoms with E-state index in [1.807, 2.05) is 20.8 Å². The molecule has 2 aliphatic rings. The Labute approximate surface area is 181 Å². The van der Waals surface area contributed by atoms with Crippen LogP contribution in [0.1, 0.15) is 38.5 Å². The van der Waals surface area contributed by atoms with Gasteiger partial charge in [0.05, 0.1) is 11.8 Å². The quantitative estimate of drug-likeness (QED) is 0.734. The van der Waals surface area contributed by atoms with Crippen LogP contribution in [0.2, 0.25) is 0 Å². The average molecular weight is 459 g/mol. The molecule has 0 radical (unpaired) electrons. The molecular weight excluding hydrogens is 433 g/mol. The Hall–Kier alpha value is -2.14. The summed E-state index contributed by atoms with van der Waals surface area (Å²) < 4.78 is 43.9. The molecule has 2 aliphatic heterocycles. The van der Waals surface area contributed by atoms with Crippen LogP contribution in [0.5, 0.6) is 0 Å². The normalized spacial score (nSPS) is 24.5. The number of fused-ring (bicyclic) bond motifs is 1. The Morgan fingerprint density at radius 1 is 1.32 bits per heavy atom. The molecule has 2 fully saturated rings. The number of aromatic nitrogens is 2. The van der Waals surface area contributed by atoms with Gasteiger partial charge in [0.2, 0.25) is 0 Å². The van der Waals surface area contributed by atoms with Crippen LogP contribution >= 0.6 is 11.3 Å². The van der Waals surface area contributed by atoms with Crippen molar-refractivity contribution >= 4 is 33.5 Å². The summed E-state index contributed by atoms with van der Waals surface area (Å²) in [6.45, 7) is 6.86. The van der Waals surface area contributed by atoms with Gasteiger partial charge in [0.15, 0.2) is 0 Å². The maximum absolute atomic E-state index is 12.8. The van der Waals surface area contributed by atoms with Crippen LogP contribution in [0.3, 0.4) is 0 Å². The number of thiophene rings is 1. The summed E-state index contributed by atoms with van der Waals surface area (Å²) in [5, 5.41) is 11.3. The molecule has 4 heterocycles. The summed E-state index contributed by atoms with van der Waals surface area (Å²) in [5.41, 5.74) is -0.911. The lowest BCUT2D eigenvalue weighted by molar-refractivity contribution is -0.126. The van der Waals surface area contributed by atoms with E-state index >= 15 is 0 Å². The Morgan fingerprint density at radius 3 is 2.74 bits per heavy atom. The molecule has 0 saturated carbocycles. The number of carbonyl (C=O) groups is 1. The highest BCUT2D eigenvalue weighted by Crippen LogP contribution is 2.45. The highest BCUT2D eigenvalue weighted by molar-refractivity contribution is 7.18. The van der Waals surface area contributed by atoms with Gasteiger partial charge in [0.1, 0.15) is 28.8 Å². The fourth-order valence-electron chi connectivity index (χ4n) is 4.36. The van der Waals surface area contributed by atoms with Crippen LogP contribution in [0.25, 0.3) is 10.2 Å². The van der Waals surface area contributed by atoms with Crippen molar-refractivity contribution in [3.8, 4) is 0 Å². The summed E-state index contributed by atoms with van der Waals surface area (Å²) in [7, 11) is 0. The van der Waals surface area contributed by atoms with Crippen LogP contribution in [-0.4, -0.2) is 63.7 Å². The number of carbonyl (C=O) groups excluding carboxylic acids is 1. The Morgan fingerprint density at radius 2 is 2.06 bits per heavy atom. The predicted octanol–water partition coefficient (Wildman–Crippen LogP) is 3.95. The molecule has 1 amide bonds. The van der Waals surface area contributed by atoms with Gasteiger partial charge in [0, 0.05) is 36.3 Å². The van der Waals surface area contributed by atoms with Crippen molar-refractivity contribution in [2.45, 2.75) is 58.0 Å². The second-order valence-electron chi connectivity index (χ2n) is 9.39. The molecule has 2 atom stereocenters. The number of hydrogen-bond donors (Lipinski definition) is 1. The first kappa shape index (κ1) is 22.1. The number of ether oxygens (including phenoxy) is 1. The van der Waals surface area contributed by atoms with Crippen LogP contribution in [0, 0.1) is 5.41 Å². The van der Waals surface area contributed by atoms with Gasteiger partial charge in [-0.15, -0.1) is 11.3 Å². The predicted molar refractivity (Wildman–Crippen MR) is 110 cm³/mol. The molecular formula is C20H25F3N4O3S. The van der Waals surface area contributed by atoms with E-state index in [1.54, 1.807) is 9.80 Å². The second kappa shape index (κ2) is 7.47. The van der Waals surface area contributed by atoms with E-state index < -0.39 is 24.4 Å². The molecule has 2 aromatic heterocycles. The summed E-state index contributed by atoms with van der Waals surface area (Å²) in [6.07, 6.45) is -4.09. The lowest BCUT2D eigenvalue weighted by Gasteiger charge is -2.27. The number of nitrogens with zero attached hydrogens (tertiary/aromatic N) is 4. The molecule has 2 saturated heterocycles. The van der Waals surface area contributed by atoms with Gasteiger partial charge in [-0.2, -0.15) is 13.2 Å². The minimum absolute atomic E-state index is 0.157. The smallest absolute Gasteiger partial charge is 0.410 e. The second-order valence-corrected chi connectivity index (χ2v) is 10.5. The summed E-state index contributed by atoms with van der Waals surface area (Å²) >= 11 is 0.983. The molecule has 170 valence electrons. The maximum atomic E-state index is 12.8. The van der Waals surface area contributed by atoms with Crippen molar-refractivity contribution < 1.29 is 27.8 Å². The van der Waals surface area contributed by atoms with E-state index in [0.717, 1.165) is 11.3 Å². The molecule has 0 aromatic carbocycles. The first-order valence-corrected chi connectivity index (χ1v) is 10.9. The van der Waals surface area contributed by atoms with Crippen molar-refractivity contribution in [1.82, 2.24) is 14.9 Å². The third-order valence-electron chi connectivity index (χ3n) is 5.58. The molecule has 2 unspecified atom stereocenters. The summed E-state index contributed by atoms with van der Waals surface area (Å²) in [6, 6.07) is 1.46. The molecule has 1 spiro atoms. The van der Waals surface area contributed by atoms with Gasteiger partial charge < -0.3 is 19.6 Å². The molecule has 2 aromatic rings. The highest BCUT2D eigenvalue weighted by Gasteiger charge is 2.50. The number of hydrogen-bond acceptors (Lipinski definition) is 7. The van der Waals surface area contributed by atoms with Gasteiger partial charge in [0.25, 0.3) is 0 Å². The topological polar surface area (TPSA) is 78.8 Å². The monoisotopic (exact) mass is 458 g/mol. The number of halogens is 3. The van der Waals surface area contributed by atoms with Crippen molar-refractivity contribution in [2.75, 3.05) is 24.5 Å². The summed E-state index contributed by atoms with van der Waals surface area (Å²) in [5.74, 6) is 0.426. The van der Waals surface area contributed by atoms with Crippen LogP contribution in [0.15, 0.2) is 12.4 Å². The minimum Gasteiger partial charge on any atom is -0.444 e. The third-order valence-corrected chi connectivity index (χ3v) is 6.62. The summed E-state index contributed by atoms with van der Waals surface area (Å²) in [4.78, 5) is 24.8. The number of alkyl halides is 3. The Balaban J connectivity index is 1.54. The average Bonchev–Trinajstić information content (AvgIpc) is 3.28. The lowest BCUT2D eigenvalue weighted by Crippen LogP contribution is -2.37. The zero-order valence-electron chi connectivity index (χ0n) is 17.6. The van der Waals surface area contributed by atoms with Crippen LogP contribution < -0.4 is 4.90 Å². The Bertz CT molecular complexity index is 990.